The molecule has 1 aromatic rings. The molecule has 4 rings (SSSR count). The van der Waals surface area contributed by atoms with Gasteiger partial charge in [0.25, 0.3) is 0 Å². The monoisotopic (exact) mass is 355 g/mol. The summed E-state index contributed by atoms with van der Waals surface area (Å²) in [6, 6.07) is 10.5. The number of amides is 2. The molecule has 2 aliphatic heterocycles. The van der Waals surface area contributed by atoms with Crippen LogP contribution in [-0.4, -0.2) is 53.3 Å². The normalized spacial score (nSPS) is 26.6. The molecule has 0 radical (unpaired) electrons. The van der Waals surface area contributed by atoms with E-state index in [2.05, 4.69) is 29.4 Å². The highest BCUT2D eigenvalue weighted by atomic mass is 16.2. The van der Waals surface area contributed by atoms with Crippen molar-refractivity contribution in [3.63, 3.8) is 0 Å². The number of benzene rings is 1. The first-order chi connectivity index (χ1) is 12.6. The van der Waals surface area contributed by atoms with Crippen LogP contribution in [-0.2, 0) is 9.59 Å². The molecule has 0 aromatic heterocycles. The molecule has 1 aromatic carbocycles. The van der Waals surface area contributed by atoms with Crippen molar-refractivity contribution in [2.45, 2.75) is 62.6 Å². The highest BCUT2D eigenvalue weighted by molar-refractivity contribution is 5.95. The van der Waals surface area contributed by atoms with Crippen molar-refractivity contribution in [2.75, 3.05) is 20.1 Å². The fourth-order valence-electron chi connectivity index (χ4n) is 4.85. The van der Waals surface area contributed by atoms with Crippen molar-refractivity contribution >= 4 is 11.8 Å². The van der Waals surface area contributed by atoms with Crippen LogP contribution in [0.5, 0.6) is 0 Å². The van der Waals surface area contributed by atoms with Crippen molar-refractivity contribution in [2.24, 2.45) is 0 Å². The maximum absolute atomic E-state index is 13.4. The molecule has 1 unspecified atom stereocenters. The van der Waals surface area contributed by atoms with E-state index >= 15 is 0 Å². The first-order valence-corrected chi connectivity index (χ1v) is 9.97. The van der Waals surface area contributed by atoms with Crippen LogP contribution in [0.4, 0.5) is 0 Å². The number of rotatable bonds is 4. The van der Waals surface area contributed by atoms with Gasteiger partial charge in [-0.3, -0.25) is 9.59 Å². The number of hydrogen-bond acceptors (Lipinski definition) is 3. The van der Waals surface area contributed by atoms with Crippen LogP contribution in [0.25, 0.3) is 0 Å². The number of nitrogens with one attached hydrogen (secondary N) is 1. The van der Waals surface area contributed by atoms with E-state index in [-0.39, 0.29) is 23.9 Å². The van der Waals surface area contributed by atoms with Gasteiger partial charge in [0.1, 0.15) is 5.54 Å². The second-order valence-corrected chi connectivity index (χ2v) is 8.18. The Morgan fingerprint density at radius 3 is 2.38 bits per heavy atom. The van der Waals surface area contributed by atoms with E-state index < -0.39 is 5.54 Å². The van der Waals surface area contributed by atoms with Crippen LogP contribution in [0.3, 0.4) is 0 Å². The van der Waals surface area contributed by atoms with Crippen molar-refractivity contribution in [1.82, 2.24) is 15.1 Å². The number of hydrogen-bond donors (Lipinski definition) is 1. The number of likely N-dealkylation sites (tertiary alicyclic amines) is 2. The Bertz CT molecular complexity index is 661. The lowest BCUT2D eigenvalue weighted by atomic mass is 9.78. The molecular weight excluding hydrogens is 326 g/mol. The summed E-state index contributed by atoms with van der Waals surface area (Å²) in [5.74, 6) is 0.191. The van der Waals surface area contributed by atoms with Gasteiger partial charge in [0.05, 0.1) is 12.5 Å². The molecular formula is C21H29N3O2. The Kier molecular flexibility index (Phi) is 4.74. The standard InChI is InChI=1S/C21H29N3O2/c1-23-13-11-21(12-14-23,20(26)22-17-9-5-6-10-17)24-18(15-19(24)25)16-7-3-2-4-8-16/h2-4,7-8,17-18H,5-6,9-15H2,1H3,(H,22,26). The molecule has 2 saturated heterocycles. The largest absolute Gasteiger partial charge is 0.351 e. The van der Waals surface area contributed by atoms with E-state index in [1.807, 2.05) is 23.1 Å². The van der Waals surface area contributed by atoms with Crippen LogP contribution < -0.4 is 5.32 Å². The number of piperidine rings is 1. The number of carbonyl (C=O) groups is 2. The van der Waals surface area contributed by atoms with Crippen molar-refractivity contribution in [1.29, 1.82) is 0 Å². The second kappa shape index (κ2) is 7.03. The fraction of sp³-hybridized carbons (Fsp3) is 0.619. The Morgan fingerprint density at radius 2 is 1.77 bits per heavy atom. The average molecular weight is 355 g/mol. The van der Waals surface area contributed by atoms with Gasteiger partial charge < -0.3 is 15.1 Å². The Morgan fingerprint density at radius 1 is 1.12 bits per heavy atom. The highest BCUT2D eigenvalue weighted by Crippen LogP contribution is 2.44. The molecule has 1 aliphatic carbocycles. The predicted octanol–water partition coefficient (Wildman–Crippen LogP) is 2.48. The van der Waals surface area contributed by atoms with Crippen molar-refractivity contribution in [3.05, 3.63) is 35.9 Å². The fourth-order valence-corrected chi connectivity index (χ4v) is 4.85. The van der Waals surface area contributed by atoms with Gasteiger partial charge in [-0.05, 0) is 38.3 Å². The lowest BCUT2D eigenvalue weighted by Crippen LogP contribution is -2.69. The summed E-state index contributed by atoms with van der Waals surface area (Å²) in [6.07, 6.45) is 6.47. The highest BCUT2D eigenvalue weighted by Gasteiger charge is 2.55. The number of nitrogens with zero attached hydrogens (tertiary/aromatic N) is 2. The molecule has 2 amide bonds. The van der Waals surface area contributed by atoms with Gasteiger partial charge in [0, 0.05) is 19.1 Å². The van der Waals surface area contributed by atoms with Gasteiger partial charge in [-0.15, -0.1) is 0 Å². The first kappa shape index (κ1) is 17.5. The Hall–Kier alpha value is -1.88. The molecule has 140 valence electrons. The third-order valence-corrected chi connectivity index (χ3v) is 6.52. The zero-order chi connectivity index (χ0) is 18.1. The van der Waals surface area contributed by atoms with Crippen LogP contribution >= 0.6 is 0 Å². The number of β-lactam (4-membered cyclic amide) rings is 1. The lowest BCUT2D eigenvalue weighted by Gasteiger charge is -2.55. The molecule has 3 aliphatic rings. The zero-order valence-electron chi connectivity index (χ0n) is 15.6. The summed E-state index contributed by atoms with van der Waals surface area (Å²) >= 11 is 0. The molecule has 0 bridgehead atoms. The summed E-state index contributed by atoms with van der Waals surface area (Å²) in [7, 11) is 2.09. The van der Waals surface area contributed by atoms with Gasteiger partial charge >= 0.3 is 0 Å². The van der Waals surface area contributed by atoms with Crippen LogP contribution in [0, 0.1) is 0 Å². The molecule has 1 atom stereocenters. The van der Waals surface area contributed by atoms with Crippen molar-refractivity contribution < 1.29 is 9.59 Å². The molecule has 5 nitrogen and oxygen atoms in total. The van der Waals surface area contributed by atoms with E-state index in [1.54, 1.807) is 0 Å². The predicted molar refractivity (Wildman–Crippen MR) is 101 cm³/mol. The average Bonchev–Trinajstić information content (AvgIpc) is 3.15. The number of carbonyl (C=O) groups excluding carboxylic acids is 2. The van der Waals surface area contributed by atoms with E-state index in [4.69, 9.17) is 0 Å². The summed E-state index contributed by atoms with van der Waals surface area (Å²) < 4.78 is 0. The summed E-state index contributed by atoms with van der Waals surface area (Å²) in [4.78, 5) is 30.3. The minimum absolute atomic E-state index is 0.0291. The molecule has 2 heterocycles. The van der Waals surface area contributed by atoms with Gasteiger partial charge in [-0.1, -0.05) is 43.2 Å². The Labute approximate surface area is 155 Å². The van der Waals surface area contributed by atoms with E-state index in [0.717, 1.165) is 44.3 Å². The van der Waals surface area contributed by atoms with Crippen LogP contribution in [0.15, 0.2) is 30.3 Å². The van der Waals surface area contributed by atoms with Gasteiger partial charge in [0.2, 0.25) is 11.8 Å². The second-order valence-electron chi connectivity index (χ2n) is 8.18. The SMILES string of the molecule is CN1CCC(C(=O)NC2CCCC2)(N2C(=O)CC2c2ccccc2)CC1. The van der Waals surface area contributed by atoms with Gasteiger partial charge in [-0.25, -0.2) is 0 Å². The molecule has 26 heavy (non-hydrogen) atoms. The molecule has 1 N–H and O–H groups in total. The smallest absolute Gasteiger partial charge is 0.246 e. The first-order valence-electron chi connectivity index (χ1n) is 9.97. The van der Waals surface area contributed by atoms with E-state index in [9.17, 15) is 9.59 Å². The topological polar surface area (TPSA) is 52.7 Å². The van der Waals surface area contributed by atoms with E-state index in [1.165, 1.54) is 12.8 Å². The molecule has 5 heteroatoms. The molecule has 1 saturated carbocycles. The molecule has 3 fully saturated rings. The van der Waals surface area contributed by atoms with Gasteiger partial charge in [0.15, 0.2) is 0 Å². The van der Waals surface area contributed by atoms with Crippen LogP contribution in [0.1, 0.15) is 56.6 Å². The minimum Gasteiger partial charge on any atom is -0.351 e. The maximum atomic E-state index is 13.4. The lowest BCUT2D eigenvalue weighted by molar-refractivity contribution is -0.169. The third kappa shape index (κ3) is 3.02. The summed E-state index contributed by atoms with van der Waals surface area (Å²) in [6.45, 7) is 1.70. The summed E-state index contributed by atoms with van der Waals surface area (Å²) in [5, 5.41) is 3.29. The quantitative estimate of drug-likeness (QED) is 0.844. The summed E-state index contributed by atoms with van der Waals surface area (Å²) in [5.41, 5.74) is 0.448. The molecule has 0 spiro atoms. The van der Waals surface area contributed by atoms with Gasteiger partial charge in [-0.2, -0.15) is 0 Å². The maximum Gasteiger partial charge on any atom is 0.246 e. The van der Waals surface area contributed by atoms with E-state index in [0.29, 0.717) is 6.42 Å². The zero-order valence-corrected chi connectivity index (χ0v) is 15.6. The minimum atomic E-state index is -0.690. The van der Waals surface area contributed by atoms with Crippen molar-refractivity contribution in [3.8, 4) is 0 Å². The third-order valence-electron chi connectivity index (χ3n) is 6.52. The Balaban J connectivity index is 1.61. The van der Waals surface area contributed by atoms with Crippen LogP contribution in [0.2, 0.25) is 0 Å².